The molecule has 0 amide bonds. The van der Waals surface area contributed by atoms with Crippen LogP contribution in [0.15, 0.2) is 0 Å². The molecule has 0 N–H and O–H groups in total. The van der Waals surface area contributed by atoms with Gasteiger partial charge < -0.3 is 4.90 Å². The van der Waals surface area contributed by atoms with Crippen molar-refractivity contribution < 1.29 is 4.21 Å². The zero-order chi connectivity index (χ0) is 11.8. The molecule has 0 bridgehead atoms. The fraction of sp³-hybridized carbons (Fsp3) is 1.00. The monoisotopic (exact) mass is 245 g/mol. The highest BCUT2D eigenvalue weighted by atomic mass is 32.2. The maximum absolute atomic E-state index is 11.7. The van der Waals surface area contributed by atoms with Crippen molar-refractivity contribution in [3.63, 3.8) is 0 Å². The molecule has 0 saturated carbocycles. The molecule has 0 radical (unpaired) electrons. The molecule has 0 spiro atoms. The second-order valence-corrected chi connectivity index (χ2v) is 6.98. The van der Waals surface area contributed by atoms with Crippen molar-refractivity contribution >= 4 is 10.8 Å². The maximum atomic E-state index is 11.7. The number of rotatable bonds is 7. The zero-order valence-electron chi connectivity index (χ0n) is 10.9. The van der Waals surface area contributed by atoms with Gasteiger partial charge in [-0.3, -0.25) is 4.21 Å². The number of hydrogen-bond donors (Lipinski definition) is 0. The summed E-state index contributed by atoms with van der Waals surface area (Å²) in [5.41, 5.74) is 0. The average molecular weight is 245 g/mol. The van der Waals surface area contributed by atoms with Gasteiger partial charge in [-0.15, -0.1) is 0 Å². The molecule has 1 aliphatic heterocycles. The lowest BCUT2D eigenvalue weighted by Gasteiger charge is -2.26. The minimum absolute atomic E-state index is 0.572. The van der Waals surface area contributed by atoms with Crippen LogP contribution in [-0.4, -0.2) is 40.2 Å². The molecule has 0 aliphatic carbocycles. The Morgan fingerprint density at radius 2 is 1.81 bits per heavy atom. The van der Waals surface area contributed by atoms with Crippen LogP contribution < -0.4 is 0 Å². The summed E-state index contributed by atoms with van der Waals surface area (Å²) in [6.07, 6.45) is 6.34. The summed E-state index contributed by atoms with van der Waals surface area (Å²) in [6, 6.07) is 0. The molecule has 2 nitrogen and oxygen atoms in total. The number of likely N-dealkylation sites (tertiary alicyclic amines) is 1. The van der Waals surface area contributed by atoms with Gasteiger partial charge in [0.1, 0.15) is 0 Å². The molecule has 1 unspecified atom stereocenters. The van der Waals surface area contributed by atoms with Crippen LogP contribution in [0.2, 0.25) is 0 Å². The van der Waals surface area contributed by atoms with Crippen molar-refractivity contribution in [2.75, 3.05) is 31.1 Å². The van der Waals surface area contributed by atoms with Gasteiger partial charge in [0, 0.05) is 22.3 Å². The number of hydrogen-bond acceptors (Lipinski definition) is 2. The Labute approximate surface area is 103 Å². The molecule has 1 fully saturated rings. The standard InChI is InChI=1S/C13H27NOS/c1-13(2)7-12-16(15)11-6-10-14-8-4-3-5-9-14/h13H,3-12H2,1-2H3. The van der Waals surface area contributed by atoms with E-state index in [9.17, 15) is 4.21 Å². The first-order valence-electron chi connectivity index (χ1n) is 6.76. The van der Waals surface area contributed by atoms with Crippen LogP contribution in [0, 0.1) is 5.92 Å². The predicted molar refractivity (Wildman–Crippen MR) is 72.2 cm³/mol. The Morgan fingerprint density at radius 1 is 1.12 bits per heavy atom. The highest BCUT2D eigenvalue weighted by Crippen LogP contribution is 2.09. The van der Waals surface area contributed by atoms with Gasteiger partial charge in [-0.05, 0) is 51.2 Å². The van der Waals surface area contributed by atoms with Gasteiger partial charge in [0.2, 0.25) is 0 Å². The van der Waals surface area contributed by atoms with Gasteiger partial charge in [0.05, 0.1) is 0 Å². The number of piperidine rings is 1. The summed E-state index contributed by atoms with van der Waals surface area (Å²) in [6.45, 7) is 8.08. The first-order valence-corrected chi connectivity index (χ1v) is 8.24. The van der Waals surface area contributed by atoms with Crippen molar-refractivity contribution in [3.05, 3.63) is 0 Å². The zero-order valence-corrected chi connectivity index (χ0v) is 11.7. The van der Waals surface area contributed by atoms with E-state index in [0.29, 0.717) is 5.92 Å². The molecule has 1 rings (SSSR count). The highest BCUT2D eigenvalue weighted by Gasteiger charge is 2.10. The van der Waals surface area contributed by atoms with Crippen LogP contribution in [0.1, 0.15) is 46.0 Å². The van der Waals surface area contributed by atoms with Crippen molar-refractivity contribution in [2.24, 2.45) is 5.92 Å². The molecule has 1 saturated heterocycles. The van der Waals surface area contributed by atoms with Gasteiger partial charge in [0.25, 0.3) is 0 Å². The first kappa shape index (κ1) is 14.2. The molecule has 1 atom stereocenters. The Hall–Kier alpha value is 0.110. The van der Waals surface area contributed by atoms with E-state index in [2.05, 4.69) is 18.7 Å². The second kappa shape index (κ2) is 8.24. The molecule has 0 aromatic rings. The van der Waals surface area contributed by atoms with Crippen molar-refractivity contribution in [1.82, 2.24) is 4.90 Å². The minimum Gasteiger partial charge on any atom is -0.303 e. The van der Waals surface area contributed by atoms with E-state index < -0.39 is 10.8 Å². The van der Waals surface area contributed by atoms with Crippen LogP contribution in [0.25, 0.3) is 0 Å². The lowest BCUT2D eigenvalue weighted by atomic mass is 10.1. The van der Waals surface area contributed by atoms with E-state index in [-0.39, 0.29) is 0 Å². The van der Waals surface area contributed by atoms with Gasteiger partial charge in [-0.2, -0.15) is 0 Å². The Morgan fingerprint density at radius 3 is 2.44 bits per heavy atom. The van der Waals surface area contributed by atoms with Gasteiger partial charge in [-0.25, -0.2) is 0 Å². The smallest absolute Gasteiger partial charge is 0.0247 e. The highest BCUT2D eigenvalue weighted by molar-refractivity contribution is 7.84. The molecule has 0 aromatic carbocycles. The average Bonchev–Trinajstić information content (AvgIpc) is 2.28. The molecule has 1 aliphatic rings. The Balaban J connectivity index is 1.99. The van der Waals surface area contributed by atoms with Gasteiger partial charge in [0.15, 0.2) is 0 Å². The van der Waals surface area contributed by atoms with Crippen LogP contribution in [0.5, 0.6) is 0 Å². The Bertz CT molecular complexity index is 200. The summed E-state index contributed by atoms with van der Waals surface area (Å²) in [5.74, 6) is 2.49. The molecule has 1 heterocycles. The quantitative estimate of drug-likeness (QED) is 0.687. The van der Waals surface area contributed by atoms with E-state index in [0.717, 1.165) is 30.9 Å². The summed E-state index contributed by atoms with van der Waals surface area (Å²) in [5, 5.41) is 0. The van der Waals surface area contributed by atoms with Crippen molar-refractivity contribution in [3.8, 4) is 0 Å². The fourth-order valence-corrected chi connectivity index (χ4v) is 3.49. The largest absolute Gasteiger partial charge is 0.303 e. The van der Waals surface area contributed by atoms with E-state index >= 15 is 0 Å². The predicted octanol–water partition coefficient (Wildman–Crippen LogP) is 2.66. The molecular weight excluding hydrogens is 218 g/mol. The number of nitrogens with zero attached hydrogens (tertiary/aromatic N) is 1. The van der Waals surface area contributed by atoms with Crippen molar-refractivity contribution in [1.29, 1.82) is 0 Å². The molecule has 96 valence electrons. The van der Waals surface area contributed by atoms with E-state index in [1.54, 1.807) is 0 Å². The molecule has 16 heavy (non-hydrogen) atoms. The second-order valence-electron chi connectivity index (χ2n) is 5.29. The first-order chi connectivity index (χ1) is 7.68. The van der Waals surface area contributed by atoms with Crippen LogP contribution in [0.3, 0.4) is 0 Å². The lowest BCUT2D eigenvalue weighted by Crippen LogP contribution is -2.31. The topological polar surface area (TPSA) is 20.3 Å². The fourth-order valence-electron chi connectivity index (χ4n) is 2.10. The van der Waals surface area contributed by atoms with Gasteiger partial charge in [-0.1, -0.05) is 20.3 Å². The van der Waals surface area contributed by atoms with Gasteiger partial charge >= 0.3 is 0 Å². The van der Waals surface area contributed by atoms with Crippen LogP contribution in [-0.2, 0) is 10.8 Å². The minimum atomic E-state index is -0.572. The summed E-state index contributed by atoms with van der Waals surface area (Å²) < 4.78 is 11.7. The third-order valence-corrected chi connectivity index (χ3v) is 4.65. The van der Waals surface area contributed by atoms with Crippen LogP contribution in [0.4, 0.5) is 0 Å². The molecule has 0 aromatic heterocycles. The lowest BCUT2D eigenvalue weighted by molar-refractivity contribution is 0.230. The third kappa shape index (κ3) is 6.64. The summed E-state index contributed by atoms with van der Waals surface area (Å²) in [7, 11) is -0.572. The Kier molecular flexibility index (Phi) is 7.30. The van der Waals surface area contributed by atoms with E-state index in [4.69, 9.17) is 0 Å². The molecular formula is C13H27NOS. The summed E-state index contributed by atoms with van der Waals surface area (Å²) in [4.78, 5) is 2.53. The van der Waals surface area contributed by atoms with Crippen molar-refractivity contribution in [2.45, 2.75) is 46.0 Å². The normalized spacial score (nSPS) is 20.2. The van der Waals surface area contributed by atoms with E-state index in [1.165, 1.54) is 32.4 Å². The third-order valence-electron chi connectivity index (χ3n) is 3.22. The van der Waals surface area contributed by atoms with Crippen LogP contribution >= 0.6 is 0 Å². The van der Waals surface area contributed by atoms with E-state index in [1.807, 2.05) is 0 Å². The SMILES string of the molecule is CC(C)CCS(=O)CCCN1CCCCC1. The maximum Gasteiger partial charge on any atom is 0.0247 e. The molecule has 3 heteroatoms. The summed E-state index contributed by atoms with van der Waals surface area (Å²) >= 11 is 0.